The molecule has 250 valence electrons. The van der Waals surface area contributed by atoms with Gasteiger partial charge in [-0.2, -0.15) is 0 Å². The number of esters is 2. The summed E-state index contributed by atoms with van der Waals surface area (Å²) in [6.07, 6.45) is 0.811. The lowest BCUT2D eigenvalue weighted by molar-refractivity contribution is -0.140. The third-order valence-electron chi connectivity index (χ3n) is 8.21. The van der Waals surface area contributed by atoms with Crippen molar-refractivity contribution in [3.05, 3.63) is 124 Å². The van der Waals surface area contributed by atoms with E-state index in [4.69, 9.17) is 18.9 Å². The molecule has 0 saturated heterocycles. The summed E-state index contributed by atoms with van der Waals surface area (Å²) in [7, 11) is 2.41. The molecule has 0 radical (unpaired) electrons. The van der Waals surface area contributed by atoms with Crippen LogP contribution in [0.25, 0.3) is 0 Å². The van der Waals surface area contributed by atoms with Crippen LogP contribution >= 0.6 is 11.8 Å². The molecule has 3 atom stereocenters. The molecule has 1 N–H and O–H groups in total. The molecule has 0 aromatic heterocycles. The number of ether oxygens (including phenoxy) is 4. The lowest BCUT2D eigenvalue weighted by atomic mass is 9.68. The molecule has 10 heteroatoms. The molecule has 0 saturated carbocycles. The molecular weight excluding hydrogens is 630 g/mol. The van der Waals surface area contributed by atoms with Gasteiger partial charge in [0.05, 0.1) is 19.8 Å². The van der Waals surface area contributed by atoms with Gasteiger partial charge in [0.15, 0.2) is 5.76 Å². The number of fused-ring (bicyclic) bond motifs is 2. The van der Waals surface area contributed by atoms with Gasteiger partial charge in [0, 0.05) is 29.0 Å². The maximum absolute atomic E-state index is 13.9. The van der Waals surface area contributed by atoms with Gasteiger partial charge in [-0.15, -0.1) is 11.8 Å². The van der Waals surface area contributed by atoms with Crippen LogP contribution in [0.5, 0.6) is 0 Å². The summed E-state index contributed by atoms with van der Waals surface area (Å²) in [5.41, 5.74) is 2.72. The fourth-order valence-corrected chi connectivity index (χ4v) is 7.25. The van der Waals surface area contributed by atoms with Crippen molar-refractivity contribution < 1.29 is 38.1 Å². The topological polar surface area (TPSA) is 117 Å². The number of hydrogen-bond donors (Lipinski definition) is 1. The zero-order chi connectivity index (χ0) is 34.4. The Balaban J connectivity index is 1.74. The SMILES string of the molecule is COC(=O)C1=CC([C@H](CNC(=O)OC(C)(C)C)C2c3ccccc3CSc3ccccc32)C(C(=O)OC)=C(OCc2ccccc2)C1=O. The molecule has 3 aromatic carbocycles. The average Bonchev–Trinajstić information content (AvgIpc) is 3.24. The highest BCUT2D eigenvalue weighted by atomic mass is 32.2. The van der Waals surface area contributed by atoms with Crippen molar-refractivity contribution in [3.8, 4) is 0 Å². The number of ketones is 1. The number of allylic oxidation sites excluding steroid dienone is 2. The number of methoxy groups -OCH3 is 2. The lowest BCUT2D eigenvalue weighted by Gasteiger charge is -2.37. The highest BCUT2D eigenvalue weighted by molar-refractivity contribution is 7.98. The Bertz CT molecular complexity index is 1710. The number of alkyl carbamates (subject to hydrolysis) is 1. The van der Waals surface area contributed by atoms with Crippen LogP contribution in [0.4, 0.5) is 4.79 Å². The molecule has 3 aromatic rings. The molecular formula is C38H39NO8S. The first-order valence-electron chi connectivity index (χ1n) is 15.6. The third kappa shape index (κ3) is 7.65. The Morgan fingerprint density at radius 3 is 2.21 bits per heavy atom. The molecule has 1 amide bonds. The van der Waals surface area contributed by atoms with E-state index >= 15 is 0 Å². The number of amides is 1. The van der Waals surface area contributed by atoms with E-state index in [0.29, 0.717) is 5.75 Å². The Kier molecular flexibility index (Phi) is 10.7. The molecule has 9 nitrogen and oxygen atoms in total. The first kappa shape index (κ1) is 34.5. The second kappa shape index (κ2) is 14.9. The highest BCUT2D eigenvalue weighted by Crippen LogP contribution is 2.49. The second-order valence-corrected chi connectivity index (χ2v) is 13.5. The zero-order valence-corrected chi connectivity index (χ0v) is 28.4. The quantitative estimate of drug-likeness (QED) is 0.155. The molecule has 5 rings (SSSR count). The first-order chi connectivity index (χ1) is 23.0. The maximum atomic E-state index is 13.9. The van der Waals surface area contributed by atoms with Crippen molar-refractivity contribution in [1.29, 1.82) is 0 Å². The minimum atomic E-state index is -0.945. The van der Waals surface area contributed by atoms with Gasteiger partial charge >= 0.3 is 18.0 Å². The fraction of sp³-hybridized carbons (Fsp3) is 0.316. The minimum Gasteiger partial charge on any atom is -0.484 e. The second-order valence-electron chi connectivity index (χ2n) is 12.5. The van der Waals surface area contributed by atoms with Gasteiger partial charge in [0.2, 0.25) is 5.78 Å². The van der Waals surface area contributed by atoms with Crippen molar-refractivity contribution in [2.45, 2.75) is 49.5 Å². The Morgan fingerprint density at radius 1 is 0.875 bits per heavy atom. The van der Waals surface area contributed by atoms with Crippen LogP contribution in [0.2, 0.25) is 0 Å². The van der Waals surface area contributed by atoms with E-state index in [0.717, 1.165) is 27.1 Å². The number of carbonyl (C=O) groups excluding carboxylic acids is 4. The molecule has 2 aliphatic rings. The summed E-state index contributed by atoms with van der Waals surface area (Å²) in [6, 6.07) is 25.2. The number of rotatable bonds is 9. The molecule has 0 spiro atoms. The Hall–Kier alpha value is -4.83. The van der Waals surface area contributed by atoms with Crippen LogP contribution in [0.1, 0.15) is 48.9 Å². The summed E-state index contributed by atoms with van der Waals surface area (Å²) in [4.78, 5) is 55.1. The van der Waals surface area contributed by atoms with E-state index in [-0.39, 0.29) is 30.1 Å². The van der Waals surface area contributed by atoms with Gasteiger partial charge in [-0.05, 0) is 55.0 Å². The van der Waals surface area contributed by atoms with E-state index in [1.54, 1.807) is 32.5 Å². The van der Waals surface area contributed by atoms with Crippen molar-refractivity contribution in [1.82, 2.24) is 5.32 Å². The minimum absolute atomic E-state index is 0.00316. The van der Waals surface area contributed by atoms with Gasteiger partial charge in [0.25, 0.3) is 0 Å². The largest absolute Gasteiger partial charge is 0.484 e. The number of nitrogens with one attached hydrogen (secondary N) is 1. The Morgan fingerprint density at radius 2 is 1.52 bits per heavy atom. The molecule has 1 aliphatic heterocycles. The van der Waals surface area contributed by atoms with E-state index < -0.39 is 47.2 Å². The number of benzene rings is 3. The van der Waals surface area contributed by atoms with E-state index in [2.05, 4.69) is 11.4 Å². The first-order valence-corrected chi connectivity index (χ1v) is 16.6. The summed E-state index contributed by atoms with van der Waals surface area (Å²) >= 11 is 1.70. The smallest absolute Gasteiger partial charge is 0.407 e. The molecule has 1 heterocycles. The monoisotopic (exact) mass is 669 g/mol. The summed E-state index contributed by atoms with van der Waals surface area (Å²) < 4.78 is 22.0. The normalized spacial score (nSPS) is 17.9. The standard InChI is InChI=1S/C38H39NO8S/c1-38(2,3)47-37(43)39-20-29(31-25-16-10-9-15-24(25)22-48-30-18-12-11-17-26(30)31)27-19-28(35(41)44-4)33(40)34(32(27)36(42)45-5)46-21-23-13-7-6-8-14-23/h6-19,27,29,31H,20-22H2,1-5H3,(H,39,43)/t27?,29-,31?/m0/s1. The number of hydrogen-bond acceptors (Lipinski definition) is 9. The Labute approximate surface area is 284 Å². The van der Waals surface area contributed by atoms with Crippen molar-refractivity contribution in [2.24, 2.45) is 11.8 Å². The molecule has 2 unspecified atom stereocenters. The van der Waals surface area contributed by atoms with Crippen LogP contribution in [-0.2, 0) is 45.7 Å². The summed E-state index contributed by atoms with van der Waals surface area (Å²) in [6.45, 7) is 5.27. The van der Waals surface area contributed by atoms with Crippen LogP contribution in [0, 0.1) is 11.8 Å². The predicted octanol–water partition coefficient (Wildman–Crippen LogP) is 6.51. The predicted molar refractivity (Wildman–Crippen MR) is 181 cm³/mol. The van der Waals surface area contributed by atoms with Crippen molar-refractivity contribution in [2.75, 3.05) is 20.8 Å². The van der Waals surface area contributed by atoms with E-state index in [1.807, 2.05) is 72.8 Å². The van der Waals surface area contributed by atoms with Crippen LogP contribution in [-0.4, -0.2) is 50.2 Å². The highest BCUT2D eigenvalue weighted by Gasteiger charge is 2.45. The van der Waals surface area contributed by atoms with Gasteiger partial charge in [-0.25, -0.2) is 14.4 Å². The van der Waals surface area contributed by atoms with E-state index in [9.17, 15) is 19.2 Å². The summed E-state index contributed by atoms with van der Waals surface area (Å²) in [5.74, 6) is -4.04. The van der Waals surface area contributed by atoms with Crippen molar-refractivity contribution in [3.63, 3.8) is 0 Å². The van der Waals surface area contributed by atoms with Gasteiger partial charge in [0.1, 0.15) is 17.8 Å². The van der Waals surface area contributed by atoms with E-state index in [1.165, 1.54) is 20.3 Å². The fourth-order valence-electron chi connectivity index (χ4n) is 6.14. The molecule has 0 fully saturated rings. The van der Waals surface area contributed by atoms with Gasteiger partial charge in [-0.3, -0.25) is 4.79 Å². The third-order valence-corrected chi connectivity index (χ3v) is 9.35. The number of thioether (sulfide) groups is 1. The summed E-state index contributed by atoms with van der Waals surface area (Å²) in [5, 5.41) is 2.92. The molecule has 48 heavy (non-hydrogen) atoms. The maximum Gasteiger partial charge on any atom is 0.407 e. The van der Waals surface area contributed by atoms with Crippen LogP contribution in [0.3, 0.4) is 0 Å². The van der Waals surface area contributed by atoms with Crippen LogP contribution in [0.15, 0.2) is 107 Å². The van der Waals surface area contributed by atoms with Crippen LogP contribution < -0.4 is 5.32 Å². The van der Waals surface area contributed by atoms with Crippen molar-refractivity contribution >= 4 is 35.6 Å². The van der Waals surface area contributed by atoms with Gasteiger partial charge in [-0.1, -0.05) is 78.9 Å². The van der Waals surface area contributed by atoms with Gasteiger partial charge < -0.3 is 24.3 Å². The number of carbonyl (C=O) groups is 4. The average molecular weight is 670 g/mol. The molecule has 1 aliphatic carbocycles. The lowest BCUT2D eigenvalue weighted by Crippen LogP contribution is -2.42. The zero-order valence-electron chi connectivity index (χ0n) is 27.6. The number of Topliss-reactive ketones (excluding diaryl/α,β-unsaturated/α-hetero) is 1. The molecule has 0 bridgehead atoms.